The SMILES string of the molecule is CCS(=O)(=O)N1CCN(c2ccc3c(c2)C(C2(c4ccc(Cl)cc4)CCC2)NCC3)CC1.Cl. The number of sulfonamides is 1. The van der Waals surface area contributed by atoms with E-state index in [1.165, 1.54) is 41.6 Å². The molecule has 1 saturated carbocycles. The lowest BCUT2D eigenvalue weighted by Gasteiger charge is -2.51. The van der Waals surface area contributed by atoms with E-state index in [-0.39, 0.29) is 23.6 Å². The number of halogens is 2. The van der Waals surface area contributed by atoms with Crippen molar-refractivity contribution < 1.29 is 8.42 Å². The van der Waals surface area contributed by atoms with Crippen molar-refractivity contribution in [2.45, 2.75) is 44.1 Å². The summed E-state index contributed by atoms with van der Waals surface area (Å²) in [6, 6.07) is 15.6. The van der Waals surface area contributed by atoms with Gasteiger partial charge in [0.05, 0.1) is 5.75 Å². The van der Waals surface area contributed by atoms with Gasteiger partial charge in [0.1, 0.15) is 0 Å². The molecule has 33 heavy (non-hydrogen) atoms. The highest BCUT2D eigenvalue weighted by Crippen LogP contribution is 2.53. The average molecular weight is 511 g/mol. The van der Waals surface area contributed by atoms with Crippen molar-refractivity contribution in [2.75, 3.05) is 43.4 Å². The van der Waals surface area contributed by atoms with Gasteiger partial charge in [-0.05, 0) is 73.7 Å². The summed E-state index contributed by atoms with van der Waals surface area (Å²) in [6.45, 7) is 5.30. The molecule has 180 valence electrons. The molecule has 0 aromatic heterocycles. The highest BCUT2D eigenvalue weighted by molar-refractivity contribution is 7.89. The van der Waals surface area contributed by atoms with Gasteiger partial charge in [-0.1, -0.05) is 36.2 Å². The fourth-order valence-corrected chi connectivity index (χ4v) is 6.93. The molecule has 1 N–H and O–H groups in total. The lowest BCUT2D eigenvalue weighted by Crippen LogP contribution is -2.50. The number of nitrogens with zero attached hydrogens (tertiary/aromatic N) is 2. The molecule has 2 aromatic rings. The quantitative estimate of drug-likeness (QED) is 0.642. The van der Waals surface area contributed by atoms with E-state index in [0.29, 0.717) is 19.1 Å². The Morgan fingerprint density at radius 2 is 1.76 bits per heavy atom. The van der Waals surface area contributed by atoms with Crippen LogP contribution < -0.4 is 10.2 Å². The van der Waals surface area contributed by atoms with Crippen molar-refractivity contribution in [3.63, 3.8) is 0 Å². The predicted molar refractivity (Wildman–Crippen MR) is 138 cm³/mol. The summed E-state index contributed by atoms with van der Waals surface area (Å²) < 4.78 is 26.1. The maximum atomic E-state index is 12.2. The van der Waals surface area contributed by atoms with Crippen LogP contribution in [0.5, 0.6) is 0 Å². The van der Waals surface area contributed by atoms with E-state index < -0.39 is 10.0 Å². The third kappa shape index (κ3) is 4.53. The van der Waals surface area contributed by atoms with Gasteiger partial charge in [0.2, 0.25) is 10.0 Å². The monoisotopic (exact) mass is 509 g/mol. The molecule has 2 heterocycles. The summed E-state index contributed by atoms with van der Waals surface area (Å²) >= 11 is 6.18. The number of rotatable bonds is 5. The number of anilines is 1. The highest BCUT2D eigenvalue weighted by atomic mass is 35.5. The highest BCUT2D eigenvalue weighted by Gasteiger charge is 2.47. The van der Waals surface area contributed by atoms with E-state index in [0.717, 1.165) is 31.1 Å². The van der Waals surface area contributed by atoms with Crippen LogP contribution in [0.1, 0.15) is 48.9 Å². The van der Waals surface area contributed by atoms with Gasteiger partial charge in [0.15, 0.2) is 0 Å². The number of nitrogens with one attached hydrogen (secondary N) is 1. The van der Waals surface area contributed by atoms with Crippen molar-refractivity contribution in [1.29, 1.82) is 0 Å². The number of fused-ring (bicyclic) bond motifs is 1. The molecule has 0 radical (unpaired) electrons. The third-order valence-corrected chi connectivity index (χ3v) is 9.90. The van der Waals surface area contributed by atoms with Crippen LogP contribution in [0.15, 0.2) is 42.5 Å². The zero-order chi connectivity index (χ0) is 22.3. The molecule has 2 fully saturated rings. The first-order valence-electron chi connectivity index (χ1n) is 11.8. The summed E-state index contributed by atoms with van der Waals surface area (Å²) in [5.74, 6) is 0.173. The minimum Gasteiger partial charge on any atom is -0.369 e. The summed E-state index contributed by atoms with van der Waals surface area (Å²) in [6.07, 6.45) is 4.67. The standard InChI is InChI=1S/C25H32ClN3O2S.ClH/c1-2-32(30,31)29-16-14-28(15-17-29)22-9-4-19-10-13-27-24(23(19)18-22)25(11-3-12-25)20-5-7-21(26)8-6-20;/h4-9,18,24,27H,2-3,10-17H2,1H3;1H. The molecule has 0 spiro atoms. The van der Waals surface area contributed by atoms with Crippen molar-refractivity contribution in [3.8, 4) is 0 Å². The van der Waals surface area contributed by atoms with Crippen molar-refractivity contribution >= 4 is 39.7 Å². The maximum absolute atomic E-state index is 12.2. The second-order valence-electron chi connectivity index (χ2n) is 9.32. The van der Waals surface area contributed by atoms with E-state index in [1.807, 2.05) is 12.1 Å². The molecule has 1 atom stereocenters. The maximum Gasteiger partial charge on any atom is 0.213 e. The largest absolute Gasteiger partial charge is 0.369 e. The molecular formula is C25H33Cl2N3O2S. The van der Waals surface area contributed by atoms with Gasteiger partial charge in [-0.3, -0.25) is 0 Å². The Balaban J connectivity index is 0.00000259. The Morgan fingerprint density at radius 3 is 2.36 bits per heavy atom. The van der Waals surface area contributed by atoms with E-state index in [2.05, 4.69) is 40.5 Å². The van der Waals surface area contributed by atoms with Gasteiger partial charge < -0.3 is 10.2 Å². The van der Waals surface area contributed by atoms with Gasteiger partial charge in [0.25, 0.3) is 0 Å². The summed E-state index contributed by atoms with van der Waals surface area (Å²) in [5, 5.41) is 4.64. The lowest BCUT2D eigenvalue weighted by molar-refractivity contribution is 0.164. The van der Waals surface area contributed by atoms with Gasteiger partial charge in [-0.25, -0.2) is 8.42 Å². The normalized spacial score (nSPS) is 22.7. The number of hydrogen-bond donors (Lipinski definition) is 1. The first kappa shape index (κ1) is 24.8. The van der Waals surface area contributed by atoms with Crippen LogP contribution in [0, 0.1) is 0 Å². The second kappa shape index (κ2) is 9.74. The molecule has 5 nitrogen and oxygen atoms in total. The first-order chi connectivity index (χ1) is 15.4. The van der Waals surface area contributed by atoms with E-state index >= 15 is 0 Å². The van der Waals surface area contributed by atoms with Gasteiger partial charge >= 0.3 is 0 Å². The molecule has 3 aliphatic rings. The lowest BCUT2D eigenvalue weighted by atomic mass is 9.58. The van der Waals surface area contributed by atoms with E-state index in [9.17, 15) is 8.42 Å². The number of piperazine rings is 1. The first-order valence-corrected chi connectivity index (χ1v) is 13.8. The molecule has 0 amide bonds. The molecule has 1 unspecified atom stereocenters. The van der Waals surface area contributed by atoms with Crippen molar-refractivity contribution in [3.05, 3.63) is 64.2 Å². The predicted octanol–water partition coefficient (Wildman–Crippen LogP) is 4.54. The van der Waals surface area contributed by atoms with Crippen LogP contribution in [0.25, 0.3) is 0 Å². The topological polar surface area (TPSA) is 52.7 Å². The van der Waals surface area contributed by atoms with Crippen LogP contribution in [0.3, 0.4) is 0 Å². The van der Waals surface area contributed by atoms with Crippen LogP contribution in [0.2, 0.25) is 5.02 Å². The zero-order valence-corrected chi connectivity index (χ0v) is 21.5. The zero-order valence-electron chi connectivity index (χ0n) is 19.1. The minimum atomic E-state index is -3.11. The molecule has 5 rings (SSSR count). The van der Waals surface area contributed by atoms with Crippen molar-refractivity contribution in [2.24, 2.45) is 0 Å². The third-order valence-electron chi connectivity index (χ3n) is 7.76. The van der Waals surface area contributed by atoms with Crippen LogP contribution in [-0.2, 0) is 21.9 Å². The van der Waals surface area contributed by atoms with Gasteiger partial charge in [-0.15, -0.1) is 12.4 Å². The van der Waals surface area contributed by atoms with Crippen LogP contribution in [-0.4, -0.2) is 51.2 Å². The number of benzene rings is 2. The minimum absolute atomic E-state index is 0. The molecule has 2 aromatic carbocycles. The van der Waals surface area contributed by atoms with E-state index in [1.54, 1.807) is 11.2 Å². The average Bonchev–Trinajstić information content (AvgIpc) is 2.79. The molecule has 1 aliphatic carbocycles. The Morgan fingerprint density at radius 1 is 1.06 bits per heavy atom. The Bertz CT molecular complexity index is 1080. The van der Waals surface area contributed by atoms with Crippen LogP contribution >= 0.6 is 24.0 Å². The fraction of sp³-hybridized carbons (Fsp3) is 0.520. The Kier molecular flexibility index (Phi) is 7.32. The van der Waals surface area contributed by atoms with Gasteiger partial charge in [0, 0.05) is 48.3 Å². The molecular weight excluding hydrogens is 477 g/mol. The van der Waals surface area contributed by atoms with Gasteiger partial charge in [-0.2, -0.15) is 4.31 Å². The smallest absolute Gasteiger partial charge is 0.213 e. The Hall–Kier alpha value is -1.31. The fourth-order valence-electron chi connectivity index (χ4n) is 5.72. The summed E-state index contributed by atoms with van der Waals surface area (Å²) in [4.78, 5) is 2.34. The Labute approximate surface area is 209 Å². The number of hydrogen-bond acceptors (Lipinski definition) is 4. The second-order valence-corrected chi connectivity index (χ2v) is 12.0. The van der Waals surface area contributed by atoms with E-state index in [4.69, 9.17) is 11.6 Å². The van der Waals surface area contributed by atoms with Crippen molar-refractivity contribution in [1.82, 2.24) is 9.62 Å². The molecule has 8 heteroatoms. The molecule has 1 saturated heterocycles. The molecule has 0 bridgehead atoms. The molecule has 2 aliphatic heterocycles. The van der Waals surface area contributed by atoms with Crippen LogP contribution in [0.4, 0.5) is 5.69 Å². The summed E-state index contributed by atoms with van der Waals surface area (Å²) in [7, 11) is -3.11. The summed E-state index contributed by atoms with van der Waals surface area (Å²) in [5.41, 5.74) is 5.54.